The Kier molecular flexibility index (Phi) is 20.1. The molecule has 12 nitrogen and oxygen atoms in total. The number of carbonyl (C=O) groups excluding carboxylic acids is 1. The number of benzene rings is 2. The van der Waals surface area contributed by atoms with Gasteiger partial charge in [-0.25, -0.2) is 19.6 Å². The van der Waals surface area contributed by atoms with Crippen LogP contribution < -0.4 is 0 Å². The third-order valence-corrected chi connectivity index (χ3v) is 13.7. The van der Waals surface area contributed by atoms with Gasteiger partial charge in [0.2, 0.25) is 11.8 Å². The van der Waals surface area contributed by atoms with Crippen molar-refractivity contribution in [3.63, 3.8) is 0 Å². The lowest BCUT2D eigenvalue weighted by Crippen LogP contribution is -2.42. The first-order chi connectivity index (χ1) is 32.8. The quantitative estimate of drug-likeness (QED) is 0.0839. The molecule has 2 aromatic carbocycles. The Morgan fingerprint density at radius 1 is 0.600 bits per heavy atom. The molecule has 12 heteroatoms. The first-order valence-corrected chi connectivity index (χ1v) is 25.9. The minimum absolute atomic E-state index is 0.227. The molecule has 2 aliphatic carbocycles. The van der Waals surface area contributed by atoms with E-state index in [9.17, 15) is 14.7 Å². The van der Waals surface area contributed by atoms with Gasteiger partial charge < -0.3 is 37.6 Å². The molecule has 2 fully saturated rings. The number of rotatable bonds is 20. The molecule has 0 amide bonds. The van der Waals surface area contributed by atoms with E-state index in [0.717, 1.165) is 85.4 Å². The number of aryl methyl sites for hydroxylation is 4. The number of hydrogen-bond donors (Lipinski definition) is 1. The molecule has 0 radical (unpaired) electrons. The van der Waals surface area contributed by atoms with Gasteiger partial charge >= 0.3 is 11.9 Å². The van der Waals surface area contributed by atoms with Crippen LogP contribution in [0.4, 0.5) is 0 Å². The summed E-state index contributed by atoms with van der Waals surface area (Å²) in [6.07, 6.45) is 8.76. The summed E-state index contributed by atoms with van der Waals surface area (Å²) < 4.78 is 41.9. The maximum atomic E-state index is 12.5. The van der Waals surface area contributed by atoms with Crippen LogP contribution in [0.25, 0.3) is 22.9 Å². The van der Waals surface area contributed by atoms with Crippen molar-refractivity contribution < 1.29 is 47.2 Å². The van der Waals surface area contributed by atoms with Gasteiger partial charge in [0.1, 0.15) is 28.5 Å². The summed E-state index contributed by atoms with van der Waals surface area (Å²) in [5.41, 5.74) is 6.09. The fourth-order valence-electron chi connectivity index (χ4n) is 9.06. The second-order valence-corrected chi connectivity index (χ2v) is 22.8. The van der Waals surface area contributed by atoms with Gasteiger partial charge in [0, 0.05) is 36.2 Å². The lowest BCUT2D eigenvalue weighted by molar-refractivity contribution is -0.181. The Labute approximate surface area is 419 Å². The van der Waals surface area contributed by atoms with E-state index in [1.807, 2.05) is 20.8 Å². The zero-order valence-corrected chi connectivity index (χ0v) is 45.3. The molecule has 0 saturated heterocycles. The first-order valence-electron chi connectivity index (χ1n) is 25.9. The largest absolute Gasteiger partial charge is 0.479 e. The number of esters is 1. The van der Waals surface area contributed by atoms with Crippen molar-refractivity contribution >= 4 is 11.9 Å². The van der Waals surface area contributed by atoms with Crippen LogP contribution in [0.2, 0.25) is 0 Å². The predicted octanol–water partition coefficient (Wildman–Crippen LogP) is 13.8. The number of aromatic nitrogens is 2. The second kappa shape index (κ2) is 24.9. The zero-order chi connectivity index (χ0) is 51.6. The maximum Gasteiger partial charge on any atom is 0.338 e. The van der Waals surface area contributed by atoms with Gasteiger partial charge in [-0.15, -0.1) is 0 Å². The number of oxazole rings is 2. The molecule has 0 spiro atoms. The molecular weight excluding hydrogens is 885 g/mol. The van der Waals surface area contributed by atoms with Crippen LogP contribution in [-0.2, 0) is 46.5 Å². The summed E-state index contributed by atoms with van der Waals surface area (Å²) in [6, 6.07) is 12.6. The second-order valence-electron chi connectivity index (χ2n) is 22.8. The number of carboxylic acid groups (broad SMARTS) is 1. The minimum Gasteiger partial charge on any atom is -0.479 e. The van der Waals surface area contributed by atoms with Crippen LogP contribution in [0, 0.1) is 51.4 Å². The summed E-state index contributed by atoms with van der Waals surface area (Å²) in [4.78, 5) is 33.4. The predicted molar refractivity (Wildman–Crippen MR) is 275 cm³/mol. The van der Waals surface area contributed by atoms with Crippen LogP contribution in [-0.4, -0.2) is 70.2 Å². The number of aliphatic carboxylic acids is 1. The number of carbonyl (C=O) groups is 2. The lowest BCUT2D eigenvalue weighted by Gasteiger charge is -2.33. The summed E-state index contributed by atoms with van der Waals surface area (Å²) in [5.74, 6) is 4.03. The molecule has 6 rings (SSSR count). The number of ether oxygens (including phenoxy) is 5. The Hall–Kier alpha value is -4.36. The van der Waals surface area contributed by atoms with Gasteiger partial charge in [-0.05, 0) is 185 Å². The van der Waals surface area contributed by atoms with Gasteiger partial charge in [-0.3, -0.25) is 0 Å². The monoisotopic (exact) mass is 971 g/mol. The summed E-state index contributed by atoms with van der Waals surface area (Å²) in [6.45, 7) is 32.6. The molecule has 2 saturated carbocycles. The third-order valence-electron chi connectivity index (χ3n) is 13.7. The zero-order valence-electron chi connectivity index (χ0n) is 45.3. The molecule has 2 heterocycles. The molecule has 2 aromatic heterocycles. The van der Waals surface area contributed by atoms with Crippen molar-refractivity contribution in [3.8, 4) is 22.9 Å². The van der Waals surface area contributed by atoms with Crippen molar-refractivity contribution in [2.24, 2.45) is 23.7 Å². The Balaban J connectivity index is 0.000000262. The van der Waals surface area contributed by atoms with Crippen LogP contribution in [0.15, 0.2) is 45.2 Å². The number of nitrogens with zero attached hydrogens (tertiary/aromatic N) is 2. The van der Waals surface area contributed by atoms with Crippen molar-refractivity contribution in [2.75, 3.05) is 26.4 Å². The molecular formula is C58H86N2O10. The van der Waals surface area contributed by atoms with E-state index >= 15 is 0 Å². The molecule has 1 N–H and O–H groups in total. The van der Waals surface area contributed by atoms with E-state index in [0.29, 0.717) is 75.1 Å². The molecule has 2 aliphatic rings. The number of hydrogen-bond acceptors (Lipinski definition) is 11. The Morgan fingerprint density at radius 3 is 1.34 bits per heavy atom. The van der Waals surface area contributed by atoms with E-state index in [2.05, 4.69) is 91.8 Å². The Bertz CT molecular complexity index is 2310. The fourth-order valence-corrected chi connectivity index (χ4v) is 9.06. The molecule has 4 atom stereocenters. The highest BCUT2D eigenvalue weighted by Gasteiger charge is 2.35. The van der Waals surface area contributed by atoms with Crippen molar-refractivity contribution in [1.29, 1.82) is 0 Å². The van der Waals surface area contributed by atoms with Crippen molar-refractivity contribution in [3.05, 3.63) is 81.6 Å². The molecule has 388 valence electrons. The van der Waals surface area contributed by atoms with E-state index in [4.69, 9.17) is 42.5 Å². The van der Waals surface area contributed by atoms with E-state index < -0.39 is 22.8 Å². The van der Waals surface area contributed by atoms with Crippen LogP contribution in [0.1, 0.15) is 185 Å². The Morgan fingerprint density at radius 2 is 0.986 bits per heavy atom. The van der Waals surface area contributed by atoms with Crippen molar-refractivity contribution in [2.45, 2.75) is 197 Å². The van der Waals surface area contributed by atoms with Gasteiger partial charge in [0.25, 0.3) is 0 Å². The average Bonchev–Trinajstić information content (AvgIpc) is 3.92. The normalized spacial score (nSPS) is 19.0. The lowest BCUT2D eigenvalue weighted by atomic mass is 9.82. The van der Waals surface area contributed by atoms with E-state index in [-0.39, 0.29) is 17.8 Å². The summed E-state index contributed by atoms with van der Waals surface area (Å²) in [7, 11) is 0. The topological polar surface area (TPSA) is 153 Å². The van der Waals surface area contributed by atoms with Crippen molar-refractivity contribution in [1.82, 2.24) is 9.97 Å². The standard InChI is InChI=1S/C31H47NO5.C27H39NO5/c1-20(2)27-26(32-28(36-27)25-14-13-21(3)22(4)15-25)19-34-17-23-11-10-12-24(16-23)18-35-31(8,9)29(33)37-30(5,6)7;1-17(2)24-23(28-25(33-24)22-11-10-18(3)19(4)12-22)16-31-14-20-8-7-9-21(13-20)15-32-27(5,6)26(29)30/h13-15,20,23-24H,10-12,16-19H2,1-9H3;10-12,17,20-21H,7-9,13-16H2,1-6H3,(H,29,30)/t23-,24+;20-,21+/m00/s1. The van der Waals surface area contributed by atoms with Gasteiger partial charge in [0.05, 0.1) is 26.4 Å². The third kappa shape index (κ3) is 16.6. The smallest absolute Gasteiger partial charge is 0.338 e. The highest BCUT2D eigenvalue weighted by Crippen LogP contribution is 2.35. The van der Waals surface area contributed by atoms with E-state index in [1.54, 1.807) is 27.7 Å². The van der Waals surface area contributed by atoms with Crippen LogP contribution >= 0.6 is 0 Å². The molecule has 0 aliphatic heterocycles. The molecule has 0 unspecified atom stereocenters. The number of carboxylic acids is 1. The molecule has 70 heavy (non-hydrogen) atoms. The van der Waals surface area contributed by atoms with Gasteiger partial charge in [0.15, 0.2) is 11.2 Å². The van der Waals surface area contributed by atoms with Gasteiger partial charge in [-0.2, -0.15) is 0 Å². The molecule has 4 aromatic rings. The summed E-state index contributed by atoms with van der Waals surface area (Å²) in [5, 5.41) is 9.25. The average molecular weight is 971 g/mol. The highest BCUT2D eigenvalue weighted by molar-refractivity contribution is 5.79. The van der Waals surface area contributed by atoms with Gasteiger partial charge in [-0.1, -0.05) is 52.7 Å². The minimum atomic E-state index is -1.14. The van der Waals surface area contributed by atoms with Crippen LogP contribution in [0.5, 0.6) is 0 Å². The van der Waals surface area contributed by atoms with Crippen LogP contribution in [0.3, 0.4) is 0 Å². The highest BCUT2D eigenvalue weighted by atomic mass is 16.6. The SMILES string of the molecule is Cc1ccc(-c2nc(COC[C@H]3CCC[C@@H](COC(C)(C)C(=O)O)C3)c(C(C)C)o2)cc1C.Cc1ccc(-c2nc(COC[C@H]3CCC[C@@H](COC(C)(C)C(=O)OC(C)(C)C)C3)c(C(C)C)o2)cc1C. The fraction of sp³-hybridized carbons (Fsp3) is 0.655. The van der Waals surface area contributed by atoms with E-state index in [1.165, 1.54) is 22.3 Å². The summed E-state index contributed by atoms with van der Waals surface area (Å²) >= 11 is 0. The maximum absolute atomic E-state index is 12.5. The first kappa shape index (κ1) is 56.6. The molecule has 0 bridgehead atoms.